The van der Waals surface area contributed by atoms with Crippen molar-refractivity contribution in [3.05, 3.63) is 35.4 Å². The smallest absolute Gasteiger partial charge is 0.317 e. The van der Waals surface area contributed by atoms with Crippen LogP contribution in [0.15, 0.2) is 24.3 Å². The molecular formula is C13H16O4. The number of benzene rings is 1. The van der Waals surface area contributed by atoms with Gasteiger partial charge in [0.1, 0.15) is 12.5 Å². The lowest BCUT2D eigenvalue weighted by Gasteiger charge is -2.16. The Morgan fingerprint density at radius 1 is 1.29 bits per heavy atom. The first kappa shape index (κ1) is 13.2. The number of aliphatic carboxylic acids is 1. The summed E-state index contributed by atoms with van der Waals surface area (Å²) in [6.45, 7) is 3.86. The quantitative estimate of drug-likeness (QED) is 0.630. The number of carboxylic acids is 1. The van der Waals surface area contributed by atoms with Crippen molar-refractivity contribution in [2.75, 3.05) is 0 Å². The molecular weight excluding hydrogens is 220 g/mol. The molecule has 1 aromatic carbocycles. The van der Waals surface area contributed by atoms with Crippen LogP contribution in [0.4, 0.5) is 0 Å². The van der Waals surface area contributed by atoms with Gasteiger partial charge in [0, 0.05) is 0 Å². The Hall–Kier alpha value is -1.84. The summed E-state index contributed by atoms with van der Waals surface area (Å²) in [5.41, 5.74) is 2.01. The summed E-state index contributed by atoms with van der Waals surface area (Å²) in [6.07, 6.45) is -0.348. The van der Waals surface area contributed by atoms with Crippen molar-refractivity contribution in [3.63, 3.8) is 0 Å². The Bertz CT molecular complexity index is 394. The number of carboxylic acid groups (broad SMARTS) is 1. The molecule has 17 heavy (non-hydrogen) atoms. The lowest BCUT2D eigenvalue weighted by atomic mass is 10.1. The Kier molecular flexibility index (Phi) is 4.69. The minimum absolute atomic E-state index is 0.373. The molecule has 1 unspecified atom stereocenters. The van der Waals surface area contributed by atoms with Crippen molar-refractivity contribution in [1.82, 2.24) is 0 Å². The van der Waals surface area contributed by atoms with Crippen molar-refractivity contribution in [3.8, 4) is 0 Å². The van der Waals surface area contributed by atoms with Crippen LogP contribution in [0.3, 0.4) is 0 Å². The van der Waals surface area contributed by atoms with E-state index in [1.165, 1.54) is 0 Å². The van der Waals surface area contributed by atoms with E-state index in [0.717, 1.165) is 11.1 Å². The summed E-state index contributed by atoms with van der Waals surface area (Å²) in [4.78, 5) is 21.6. The maximum atomic E-state index is 11.3. The normalized spacial score (nSPS) is 11.9. The summed E-state index contributed by atoms with van der Waals surface area (Å²) >= 11 is 0. The molecule has 92 valence electrons. The van der Waals surface area contributed by atoms with Crippen LogP contribution in [0.5, 0.6) is 0 Å². The highest BCUT2D eigenvalue weighted by Gasteiger charge is 2.16. The number of carbonyl (C=O) groups excluding carboxylic acids is 1. The van der Waals surface area contributed by atoms with Gasteiger partial charge in [0.15, 0.2) is 0 Å². The SMILES string of the molecule is CCC(OC(=O)CC(=O)O)c1ccc(C)cc1. The van der Waals surface area contributed by atoms with E-state index in [4.69, 9.17) is 9.84 Å². The van der Waals surface area contributed by atoms with Crippen molar-refractivity contribution in [2.24, 2.45) is 0 Å². The molecule has 0 saturated carbocycles. The molecule has 0 spiro atoms. The van der Waals surface area contributed by atoms with Crippen molar-refractivity contribution < 1.29 is 19.4 Å². The molecule has 0 aliphatic heterocycles. The molecule has 0 heterocycles. The van der Waals surface area contributed by atoms with Crippen LogP contribution in [-0.4, -0.2) is 17.0 Å². The van der Waals surface area contributed by atoms with Gasteiger partial charge in [-0.2, -0.15) is 0 Å². The maximum absolute atomic E-state index is 11.3. The van der Waals surface area contributed by atoms with Crippen LogP contribution in [0, 0.1) is 6.92 Å². The van der Waals surface area contributed by atoms with Gasteiger partial charge in [-0.25, -0.2) is 0 Å². The average Bonchev–Trinajstić information content (AvgIpc) is 2.26. The van der Waals surface area contributed by atoms with Crippen LogP contribution >= 0.6 is 0 Å². The highest BCUT2D eigenvalue weighted by atomic mass is 16.5. The number of esters is 1. The van der Waals surface area contributed by atoms with Crippen LogP contribution in [0.1, 0.15) is 37.0 Å². The molecule has 1 aromatic rings. The van der Waals surface area contributed by atoms with Gasteiger partial charge in [0.25, 0.3) is 0 Å². The van der Waals surface area contributed by atoms with Gasteiger partial charge in [-0.15, -0.1) is 0 Å². The van der Waals surface area contributed by atoms with E-state index >= 15 is 0 Å². The molecule has 1 rings (SSSR count). The van der Waals surface area contributed by atoms with Crippen molar-refractivity contribution >= 4 is 11.9 Å². The van der Waals surface area contributed by atoms with E-state index in [2.05, 4.69) is 0 Å². The zero-order valence-corrected chi connectivity index (χ0v) is 9.97. The van der Waals surface area contributed by atoms with Crippen LogP contribution < -0.4 is 0 Å². The number of carbonyl (C=O) groups is 2. The fraction of sp³-hybridized carbons (Fsp3) is 0.385. The first-order valence-electron chi connectivity index (χ1n) is 5.50. The number of rotatable bonds is 5. The fourth-order valence-corrected chi connectivity index (χ4v) is 1.49. The molecule has 0 aliphatic rings. The monoisotopic (exact) mass is 236 g/mol. The molecule has 0 aliphatic carbocycles. The predicted molar refractivity (Wildman–Crippen MR) is 62.6 cm³/mol. The van der Waals surface area contributed by atoms with E-state index in [1.807, 2.05) is 38.1 Å². The molecule has 4 nitrogen and oxygen atoms in total. The zero-order chi connectivity index (χ0) is 12.8. The molecule has 0 fully saturated rings. The molecule has 0 radical (unpaired) electrons. The first-order valence-corrected chi connectivity index (χ1v) is 5.50. The number of ether oxygens (including phenoxy) is 1. The summed E-state index contributed by atoms with van der Waals surface area (Å²) < 4.78 is 5.12. The average molecular weight is 236 g/mol. The second kappa shape index (κ2) is 6.03. The zero-order valence-electron chi connectivity index (χ0n) is 9.97. The summed E-state index contributed by atoms with van der Waals surface area (Å²) in [6, 6.07) is 7.64. The van der Waals surface area contributed by atoms with Gasteiger partial charge in [-0.1, -0.05) is 36.8 Å². The van der Waals surface area contributed by atoms with E-state index in [-0.39, 0.29) is 6.10 Å². The topological polar surface area (TPSA) is 63.6 Å². The number of aryl methyl sites for hydroxylation is 1. The summed E-state index contributed by atoms with van der Waals surface area (Å²) in [5, 5.41) is 8.48. The Morgan fingerprint density at radius 3 is 2.35 bits per heavy atom. The highest BCUT2D eigenvalue weighted by molar-refractivity contribution is 5.90. The minimum Gasteiger partial charge on any atom is -0.481 e. The standard InChI is InChI=1S/C13H16O4/c1-3-11(17-13(16)8-12(14)15)10-6-4-9(2)5-7-10/h4-7,11H,3,8H2,1-2H3,(H,14,15). The van der Waals surface area contributed by atoms with E-state index < -0.39 is 18.4 Å². The highest BCUT2D eigenvalue weighted by Crippen LogP contribution is 2.21. The lowest BCUT2D eigenvalue weighted by Crippen LogP contribution is -2.14. The second-order valence-electron chi connectivity index (χ2n) is 3.87. The van der Waals surface area contributed by atoms with Crippen molar-refractivity contribution in [1.29, 1.82) is 0 Å². The molecule has 0 bridgehead atoms. The second-order valence-corrected chi connectivity index (χ2v) is 3.87. The van der Waals surface area contributed by atoms with Crippen LogP contribution in [-0.2, 0) is 14.3 Å². The van der Waals surface area contributed by atoms with E-state index in [9.17, 15) is 9.59 Å². The lowest BCUT2D eigenvalue weighted by molar-refractivity contribution is -0.155. The third-order valence-corrected chi connectivity index (χ3v) is 2.39. The minimum atomic E-state index is -1.17. The molecule has 0 aromatic heterocycles. The third-order valence-electron chi connectivity index (χ3n) is 2.39. The van der Waals surface area contributed by atoms with E-state index in [0.29, 0.717) is 6.42 Å². The van der Waals surface area contributed by atoms with Gasteiger partial charge in [-0.05, 0) is 18.9 Å². The van der Waals surface area contributed by atoms with Gasteiger partial charge < -0.3 is 9.84 Å². The Labute approximate surface area is 100 Å². The maximum Gasteiger partial charge on any atom is 0.317 e. The molecule has 1 atom stereocenters. The van der Waals surface area contributed by atoms with Gasteiger partial charge in [0.05, 0.1) is 0 Å². The molecule has 0 amide bonds. The van der Waals surface area contributed by atoms with Gasteiger partial charge >= 0.3 is 11.9 Å². The third kappa shape index (κ3) is 4.26. The summed E-state index contributed by atoms with van der Waals surface area (Å²) in [5.74, 6) is -1.88. The van der Waals surface area contributed by atoms with E-state index in [1.54, 1.807) is 0 Å². The predicted octanol–water partition coefficient (Wildman–Crippen LogP) is 2.46. The molecule has 0 saturated heterocycles. The number of hydrogen-bond acceptors (Lipinski definition) is 3. The largest absolute Gasteiger partial charge is 0.481 e. The van der Waals surface area contributed by atoms with Crippen LogP contribution in [0.2, 0.25) is 0 Å². The number of hydrogen-bond donors (Lipinski definition) is 1. The Morgan fingerprint density at radius 2 is 1.88 bits per heavy atom. The van der Waals surface area contributed by atoms with Gasteiger partial charge in [0.2, 0.25) is 0 Å². The first-order chi connectivity index (χ1) is 8.02. The Balaban J connectivity index is 2.68. The fourth-order valence-electron chi connectivity index (χ4n) is 1.49. The molecule has 1 N–H and O–H groups in total. The van der Waals surface area contributed by atoms with Gasteiger partial charge in [-0.3, -0.25) is 9.59 Å². The van der Waals surface area contributed by atoms with Crippen LogP contribution in [0.25, 0.3) is 0 Å². The summed E-state index contributed by atoms with van der Waals surface area (Å²) in [7, 11) is 0. The van der Waals surface area contributed by atoms with Crippen molar-refractivity contribution in [2.45, 2.75) is 32.8 Å². The molecule has 4 heteroatoms.